The van der Waals surface area contributed by atoms with Gasteiger partial charge < -0.3 is 19.5 Å². The number of nitrogens with one attached hydrogen (secondary N) is 1. The summed E-state index contributed by atoms with van der Waals surface area (Å²) in [5, 5.41) is 2.87. The van der Waals surface area contributed by atoms with Crippen molar-refractivity contribution in [2.75, 3.05) is 7.11 Å². The molecule has 1 saturated carbocycles. The van der Waals surface area contributed by atoms with Gasteiger partial charge in [-0.25, -0.2) is 9.59 Å². The molecule has 1 aromatic carbocycles. The number of amides is 1. The second-order valence-electron chi connectivity index (χ2n) is 10.2. The summed E-state index contributed by atoms with van der Waals surface area (Å²) < 4.78 is 16.3. The highest BCUT2D eigenvalue weighted by atomic mass is 16.6. The first kappa shape index (κ1) is 29.5. The van der Waals surface area contributed by atoms with Crippen molar-refractivity contribution in [1.29, 1.82) is 0 Å². The molecule has 3 unspecified atom stereocenters. The van der Waals surface area contributed by atoms with Crippen molar-refractivity contribution in [3.8, 4) is 5.75 Å². The Morgan fingerprint density at radius 1 is 1.15 bits per heavy atom. The van der Waals surface area contributed by atoms with Crippen LogP contribution < -0.4 is 10.1 Å². The van der Waals surface area contributed by atoms with Gasteiger partial charge in [0.25, 0.3) is 0 Å². The summed E-state index contributed by atoms with van der Waals surface area (Å²) in [6, 6.07) is 7.20. The predicted molar refractivity (Wildman–Crippen MR) is 137 cm³/mol. The van der Waals surface area contributed by atoms with Gasteiger partial charge in [0.2, 0.25) is 0 Å². The molecule has 0 heterocycles. The van der Waals surface area contributed by atoms with Gasteiger partial charge in [0.15, 0.2) is 0 Å². The van der Waals surface area contributed by atoms with Crippen LogP contribution in [0.25, 0.3) is 0 Å². The molecule has 2 rings (SSSR count). The molecule has 1 aliphatic rings. The summed E-state index contributed by atoms with van der Waals surface area (Å²) in [5.74, 6) is 1.01. The molecular formula is C28H45NO5. The van der Waals surface area contributed by atoms with Crippen LogP contribution in [0.15, 0.2) is 35.9 Å². The third-order valence-corrected chi connectivity index (χ3v) is 5.25. The number of ether oxygens (including phenoxy) is 3. The summed E-state index contributed by atoms with van der Waals surface area (Å²) in [4.78, 5) is 25.0. The lowest BCUT2D eigenvalue weighted by molar-refractivity contribution is -0.146. The fraction of sp³-hybridized carbons (Fsp3) is 0.643. The van der Waals surface area contributed by atoms with Gasteiger partial charge in [0.05, 0.1) is 13.2 Å². The molecule has 6 heteroatoms. The molecule has 1 fully saturated rings. The van der Waals surface area contributed by atoms with Gasteiger partial charge in [-0.15, -0.1) is 0 Å². The average molecular weight is 476 g/mol. The van der Waals surface area contributed by atoms with Gasteiger partial charge in [0, 0.05) is 5.57 Å². The lowest BCUT2D eigenvalue weighted by Crippen LogP contribution is -2.39. The summed E-state index contributed by atoms with van der Waals surface area (Å²) in [7, 11) is 1.62. The lowest BCUT2D eigenvalue weighted by atomic mass is 9.89. The molecule has 1 N–H and O–H groups in total. The second-order valence-corrected chi connectivity index (χ2v) is 10.2. The number of carbonyl (C=O) groups excluding carboxylic acids is 2. The zero-order chi connectivity index (χ0) is 25.7. The summed E-state index contributed by atoms with van der Waals surface area (Å²) in [5.41, 5.74) is 0.873. The standard InChI is InChI=1S/C25H37NO5.C3H8/c1-17-8-7-9-22(14-17)30-23(27)18(2)15-20(26-24(28)31-25(3,4)5)16-19-10-12-21(29-6)13-11-19;1-3-2/h10-13,15,17,20,22H,7-9,14,16H2,1-6H3,(H,26,28);3H2,1-2H3/b18-15+;. The third kappa shape index (κ3) is 12.1. The van der Waals surface area contributed by atoms with Crippen LogP contribution in [-0.4, -0.2) is 36.9 Å². The Morgan fingerprint density at radius 3 is 2.29 bits per heavy atom. The van der Waals surface area contributed by atoms with Crippen LogP contribution in [0.3, 0.4) is 0 Å². The Bertz CT molecular complexity index is 779. The van der Waals surface area contributed by atoms with Gasteiger partial charge in [-0.1, -0.05) is 51.8 Å². The molecule has 34 heavy (non-hydrogen) atoms. The fourth-order valence-electron chi connectivity index (χ4n) is 3.73. The van der Waals surface area contributed by atoms with Crippen molar-refractivity contribution in [2.24, 2.45) is 5.92 Å². The van der Waals surface area contributed by atoms with Crippen molar-refractivity contribution in [3.63, 3.8) is 0 Å². The van der Waals surface area contributed by atoms with E-state index in [9.17, 15) is 9.59 Å². The Morgan fingerprint density at radius 2 is 1.76 bits per heavy atom. The normalized spacial score (nSPS) is 19.2. The van der Waals surface area contributed by atoms with Crippen LogP contribution in [0.2, 0.25) is 0 Å². The average Bonchev–Trinajstić information content (AvgIpc) is 2.73. The number of benzene rings is 1. The molecule has 1 aliphatic carbocycles. The van der Waals surface area contributed by atoms with E-state index in [0.29, 0.717) is 17.9 Å². The maximum absolute atomic E-state index is 12.7. The van der Waals surface area contributed by atoms with Crippen LogP contribution in [0, 0.1) is 5.92 Å². The maximum Gasteiger partial charge on any atom is 0.408 e. The van der Waals surface area contributed by atoms with Crippen molar-refractivity contribution >= 4 is 12.1 Å². The molecule has 0 saturated heterocycles. The molecule has 1 aromatic rings. The van der Waals surface area contributed by atoms with E-state index in [0.717, 1.165) is 30.6 Å². The largest absolute Gasteiger partial charge is 0.497 e. The minimum atomic E-state index is -0.607. The first-order valence-electron chi connectivity index (χ1n) is 12.5. The monoisotopic (exact) mass is 475 g/mol. The number of carbonyl (C=O) groups is 2. The SMILES string of the molecule is CCC.COc1ccc(CC(/C=C(\C)C(=O)OC2CCCC(C)C2)NC(=O)OC(C)(C)C)cc1. The number of methoxy groups -OCH3 is 1. The van der Waals surface area contributed by atoms with E-state index < -0.39 is 17.7 Å². The molecule has 0 spiro atoms. The number of hydrogen-bond acceptors (Lipinski definition) is 5. The Kier molecular flexibility index (Phi) is 12.8. The van der Waals surface area contributed by atoms with Gasteiger partial charge in [-0.2, -0.15) is 0 Å². The highest BCUT2D eigenvalue weighted by Gasteiger charge is 2.24. The Balaban J connectivity index is 0.00000182. The van der Waals surface area contributed by atoms with E-state index in [2.05, 4.69) is 26.1 Å². The summed E-state index contributed by atoms with van der Waals surface area (Å²) >= 11 is 0. The van der Waals surface area contributed by atoms with E-state index in [-0.39, 0.29) is 12.1 Å². The zero-order valence-electron chi connectivity index (χ0n) is 22.4. The molecule has 0 radical (unpaired) electrons. The minimum Gasteiger partial charge on any atom is -0.497 e. The number of hydrogen-bond donors (Lipinski definition) is 1. The first-order chi connectivity index (χ1) is 16.0. The van der Waals surface area contributed by atoms with Crippen molar-refractivity contribution < 1.29 is 23.8 Å². The van der Waals surface area contributed by atoms with E-state index in [1.54, 1.807) is 20.1 Å². The molecule has 192 valence electrons. The van der Waals surface area contributed by atoms with E-state index in [1.165, 1.54) is 12.8 Å². The van der Waals surface area contributed by atoms with Gasteiger partial charge in [-0.05, 0) is 77.0 Å². The third-order valence-electron chi connectivity index (χ3n) is 5.25. The smallest absolute Gasteiger partial charge is 0.408 e. The van der Waals surface area contributed by atoms with Gasteiger partial charge in [-0.3, -0.25) is 0 Å². The van der Waals surface area contributed by atoms with Crippen molar-refractivity contribution in [1.82, 2.24) is 5.32 Å². The zero-order valence-corrected chi connectivity index (χ0v) is 22.4. The highest BCUT2D eigenvalue weighted by molar-refractivity contribution is 5.88. The van der Waals surface area contributed by atoms with E-state index in [4.69, 9.17) is 14.2 Å². The van der Waals surface area contributed by atoms with Crippen LogP contribution in [-0.2, 0) is 20.7 Å². The molecule has 1 amide bonds. The molecule has 0 bridgehead atoms. The minimum absolute atomic E-state index is 0.0292. The van der Waals surface area contributed by atoms with E-state index in [1.807, 2.05) is 45.0 Å². The predicted octanol–water partition coefficient (Wildman–Crippen LogP) is 6.62. The number of rotatable bonds is 7. The molecule has 0 aliphatic heterocycles. The van der Waals surface area contributed by atoms with Crippen LogP contribution in [0.1, 0.15) is 86.1 Å². The first-order valence-corrected chi connectivity index (χ1v) is 12.5. The van der Waals surface area contributed by atoms with Crippen LogP contribution >= 0.6 is 0 Å². The van der Waals surface area contributed by atoms with Crippen molar-refractivity contribution in [2.45, 2.75) is 105 Å². The Hall–Kier alpha value is -2.50. The van der Waals surface area contributed by atoms with Gasteiger partial charge >= 0.3 is 12.1 Å². The summed E-state index contributed by atoms with van der Waals surface area (Å²) in [6.45, 7) is 13.6. The van der Waals surface area contributed by atoms with Crippen molar-refractivity contribution in [3.05, 3.63) is 41.5 Å². The maximum atomic E-state index is 12.7. The molecule has 6 nitrogen and oxygen atoms in total. The topological polar surface area (TPSA) is 73.9 Å². The molecule has 3 atom stereocenters. The number of alkyl carbamates (subject to hydrolysis) is 1. The van der Waals surface area contributed by atoms with Crippen LogP contribution in [0.4, 0.5) is 4.79 Å². The molecular weight excluding hydrogens is 430 g/mol. The lowest BCUT2D eigenvalue weighted by Gasteiger charge is -2.27. The fourth-order valence-corrected chi connectivity index (χ4v) is 3.73. The quantitative estimate of drug-likeness (QED) is 0.354. The summed E-state index contributed by atoms with van der Waals surface area (Å²) in [6.07, 6.45) is 7.05. The highest BCUT2D eigenvalue weighted by Crippen LogP contribution is 2.26. The Labute approximate surface area is 206 Å². The second kappa shape index (κ2) is 14.7. The number of esters is 1. The van der Waals surface area contributed by atoms with Gasteiger partial charge in [0.1, 0.15) is 17.5 Å². The molecule has 0 aromatic heterocycles. The van der Waals surface area contributed by atoms with Crippen LogP contribution in [0.5, 0.6) is 5.75 Å². The van der Waals surface area contributed by atoms with E-state index >= 15 is 0 Å².